The highest BCUT2D eigenvalue weighted by atomic mass is 32.2. The van der Waals surface area contributed by atoms with Crippen LogP contribution in [0.4, 0.5) is 11.4 Å². The highest BCUT2D eigenvalue weighted by molar-refractivity contribution is 7.99. The molecule has 1 aliphatic heterocycles. The topological polar surface area (TPSA) is 101 Å². The second-order valence-corrected chi connectivity index (χ2v) is 9.07. The minimum absolute atomic E-state index is 0.119. The molecule has 0 unspecified atom stereocenters. The summed E-state index contributed by atoms with van der Waals surface area (Å²) in [4.78, 5) is 27.3. The molecule has 3 aromatic rings. The highest BCUT2D eigenvalue weighted by Crippen LogP contribution is 2.22. The van der Waals surface area contributed by atoms with Gasteiger partial charge in [-0.3, -0.25) is 9.59 Å². The monoisotopic (exact) mass is 494 g/mol. The minimum atomic E-state index is -0.330. The molecule has 2 heterocycles. The van der Waals surface area contributed by atoms with Crippen molar-refractivity contribution in [3.63, 3.8) is 0 Å². The van der Waals surface area contributed by atoms with Crippen molar-refractivity contribution < 1.29 is 14.3 Å². The Morgan fingerprint density at radius 2 is 1.77 bits per heavy atom. The van der Waals surface area contributed by atoms with Gasteiger partial charge in [0.15, 0.2) is 11.0 Å². The van der Waals surface area contributed by atoms with Crippen LogP contribution in [0.2, 0.25) is 0 Å². The van der Waals surface area contributed by atoms with Crippen LogP contribution in [0.3, 0.4) is 0 Å². The Kier molecular flexibility index (Phi) is 8.38. The molecule has 1 aliphatic rings. The van der Waals surface area contributed by atoms with Crippen molar-refractivity contribution in [2.45, 2.75) is 31.6 Å². The van der Waals surface area contributed by atoms with Gasteiger partial charge in [-0.05, 0) is 50.2 Å². The number of rotatable bonds is 9. The second-order valence-electron chi connectivity index (χ2n) is 8.13. The molecule has 0 bridgehead atoms. The maximum absolute atomic E-state index is 12.5. The molecule has 2 amide bonds. The van der Waals surface area contributed by atoms with E-state index in [0.717, 1.165) is 37.7 Å². The number of hydrogen-bond acceptors (Lipinski definition) is 7. The van der Waals surface area contributed by atoms with Crippen LogP contribution in [0.5, 0.6) is 0 Å². The van der Waals surface area contributed by atoms with Gasteiger partial charge in [0.1, 0.15) is 0 Å². The second kappa shape index (κ2) is 11.9. The summed E-state index contributed by atoms with van der Waals surface area (Å²) >= 11 is 1.32. The summed E-state index contributed by atoms with van der Waals surface area (Å²) < 4.78 is 7.32. The number of aromatic nitrogens is 3. The number of ether oxygens (including phenoxy) is 1. The van der Waals surface area contributed by atoms with Crippen LogP contribution in [-0.4, -0.2) is 58.6 Å². The lowest BCUT2D eigenvalue weighted by atomic mass is 10.2. The Labute approximate surface area is 209 Å². The van der Waals surface area contributed by atoms with Crippen molar-refractivity contribution in [2.24, 2.45) is 0 Å². The number of nitrogens with one attached hydrogen (secondary N) is 2. The van der Waals surface area contributed by atoms with Crippen molar-refractivity contribution in [3.05, 3.63) is 66.0 Å². The number of benzene rings is 2. The molecule has 1 saturated heterocycles. The fourth-order valence-electron chi connectivity index (χ4n) is 3.86. The quantitative estimate of drug-likeness (QED) is 0.440. The molecule has 1 atom stereocenters. The summed E-state index contributed by atoms with van der Waals surface area (Å²) in [6.07, 6.45) is 0. The smallest absolute Gasteiger partial charge is 0.251 e. The van der Waals surface area contributed by atoms with E-state index in [1.807, 2.05) is 60.9 Å². The number of carbonyl (C=O) groups is 2. The van der Waals surface area contributed by atoms with E-state index in [4.69, 9.17) is 4.74 Å². The van der Waals surface area contributed by atoms with E-state index in [1.54, 1.807) is 12.1 Å². The maximum atomic E-state index is 12.5. The summed E-state index contributed by atoms with van der Waals surface area (Å²) in [7, 11) is 0. The van der Waals surface area contributed by atoms with Gasteiger partial charge < -0.3 is 24.8 Å². The number of nitrogens with zero attached hydrogens (tertiary/aromatic N) is 4. The van der Waals surface area contributed by atoms with E-state index in [0.29, 0.717) is 23.1 Å². The molecule has 2 N–H and O–H groups in total. The van der Waals surface area contributed by atoms with Crippen LogP contribution in [0.25, 0.3) is 0 Å². The van der Waals surface area contributed by atoms with Gasteiger partial charge in [0, 0.05) is 36.6 Å². The van der Waals surface area contributed by atoms with Crippen LogP contribution in [0.1, 0.15) is 36.1 Å². The predicted molar refractivity (Wildman–Crippen MR) is 137 cm³/mol. The molecule has 1 fully saturated rings. The number of morpholine rings is 1. The number of anilines is 2. The van der Waals surface area contributed by atoms with E-state index in [1.165, 1.54) is 11.8 Å². The van der Waals surface area contributed by atoms with Crippen LogP contribution < -0.4 is 15.5 Å². The number of hydrogen-bond donors (Lipinski definition) is 2. The van der Waals surface area contributed by atoms with Gasteiger partial charge >= 0.3 is 0 Å². The highest BCUT2D eigenvalue weighted by Gasteiger charge is 2.20. The first-order valence-corrected chi connectivity index (χ1v) is 12.7. The standard InChI is InChI=1S/C25H30N6O3S/c1-3-31-23(18(2)26-24(33)19-7-5-4-6-8-19)28-29-25(31)35-17-22(32)27-20-9-11-21(12-10-20)30-13-15-34-16-14-30/h4-12,18H,3,13-17H2,1-2H3,(H,26,33)(H,27,32)/t18-/m0/s1. The van der Waals surface area contributed by atoms with Gasteiger partial charge in [-0.15, -0.1) is 10.2 Å². The predicted octanol–water partition coefficient (Wildman–Crippen LogP) is 3.36. The summed E-state index contributed by atoms with van der Waals surface area (Å²) in [5, 5.41) is 15.1. The molecule has 9 nitrogen and oxygen atoms in total. The van der Waals surface area contributed by atoms with E-state index in [9.17, 15) is 9.59 Å². The molecule has 0 aliphatic carbocycles. The van der Waals surface area contributed by atoms with Crippen molar-refractivity contribution in [3.8, 4) is 0 Å². The summed E-state index contributed by atoms with van der Waals surface area (Å²) in [5.74, 6) is 0.566. The molecule has 0 radical (unpaired) electrons. The molecular formula is C25H30N6O3S. The van der Waals surface area contributed by atoms with Crippen molar-refractivity contribution in [1.82, 2.24) is 20.1 Å². The molecule has 2 aromatic carbocycles. The average molecular weight is 495 g/mol. The van der Waals surface area contributed by atoms with Crippen LogP contribution in [0, 0.1) is 0 Å². The molecule has 1 aromatic heterocycles. The number of amides is 2. The van der Waals surface area contributed by atoms with E-state index >= 15 is 0 Å². The minimum Gasteiger partial charge on any atom is -0.378 e. The van der Waals surface area contributed by atoms with E-state index in [2.05, 4.69) is 25.7 Å². The SMILES string of the molecule is CCn1c(SCC(=O)Nc2ccc(N3CCOCC3)cc2)nnc1[C@H](C)NC(=O)c1ccccc1. The lowest BCUT2D eigenvalue weighted by Crippen LogP contribution is -2.36. The first-order chi connectivity index (χ1) is 17.0. The van der Waals surface area contributed by atoms with Gasteiger partial charge in [0.05, 0.1) is 25.0 Å². The molecule has 10 heteroatoms. The maximum Gasteiger partial charge on any atom is 0.251 e. The Balaban J connectivity index is 1.31. The third-order valence-electron chi connectivity index (χ3n) is 5.69. The van der Waals surface area contributed by atoms with E-state index < -0.39 is 0 Å². The van der Waals surface area contributed by atoms with Crippen molar-refractivity contribution in [2.75, 3.05) is 42.3 Å². The first kappa shape index (κ1) is 24.7. The van der Waals surface area contributed by atoms with Crippen molar-refractivity contribution >= 4 is 35.0 Å². The Morgan fingerprint density at radius 3 is 2.46 bits per heavy atom. The largest absolute Gasteiger partial charge is 0.378 e. The summed E-state index contributed by atoms with van der Waals surface area (Å²) in [6, 6.07) is 16.6. The molecule has 0 spiro atoms. The zero-order chi connectivity index (χ0) is 24.6. The Hall–Kier alpha value is -3.37. The van der Waals surface area contributed by atoms with Crippen LogP contribution in [-0.2, 0) is 16.1 Å². The average Bonchev–Trinajstić information content (AvgIpc) is 3.32. The lowest BCUT2D eigenvalue weighted by Gasteiger charge is -2.28. The van der Waals surface area contributed by atoms with Gasteiger partial charge in [-0.1, -0.05) is 30.0 Å². The summed E-state index contributed by atoms with van der Waals surface area (Å²) in [5.41, 5.74) is 2.46. The summed E-state index contributed by atoms with van der Waals surface area (Å²) in [6.45, 7) is 7.70. The third kappa shape index (κ3) is 6.40. The van der Waals surface area contributed by atoms with Crippen LogP contribution >= 0.6 is 11.8 Å². The van der Waals surface area contributed by atoms with Crippen LogP contribution in [0.15, 0.2) is 59.8 Å². The van der Waals surface area contributed by atoms with Gasteiger partial charge in [0.25, 0.3) is 5.91 Å². The lowest BCUT2D eigenvalue weighted by molar-refractivity contribution is -0.113. The fraction of sp³-hybridized carbons (Fsp3) is 0.360. The van der Waals surface area contributed by atoms with E-state index in [-0.39, 0.29) is 23.6 Å². The fourth-order valence-corrected chi connectivity index (χ4v) is 4.67. The molecule has 4 rings (SSSR count). The molecule has 184 valence electrons. The Morgan fingerprint density at radius 1 is 1.06 bits per heavy atom. The molecule has 0 saturated carbocycles. The van der Waals surface area contributed by atoms with Gasteiger partial charge in [-0.25, -0.2) is 0 Å². The molecular weight excluding hydrogens is 464 g/mol. The van der Waals surface area contributed by atoms with Gasteiger partial charge in [0.2, 0.25) is 5.91 Å². The first-order valence-electron chi connectivity index (χ1n) is 11.7. The number of thioether (sulfide) groups is 1. The zero-order valence-corrected chi connectivity index (χ0v) is 20.8. The van der Waals surface area contributed by atoms with Crippen molar-refractivity contribution in [1.29, 1.82) is 0 Å². The zero-order valence-electron chi connectivity index (χ0n) is 19.9. The third-order valence-corrected chi connectivity index (χ3v) is 6.66. The Bertz CT molecular complexity index is 1130. The normalized spacial score (nSPS) is 14.4. The number of carbonyl (C=O) groups excluding carboxylic acids is 2. The van der Waals surface area contributed by atoms with Gasteiger partial charge in [-0.2, -0.15) is 0 Å². The molecule has 35 heavy (non-hydrogen) atoms.